The number of nitrogens with zero attached hydrogens (tertiary/aromatic N) is 2. The summed E-state index contributed by atoms with van der Waals surface area (Å²) >= 11 is 1.30. The Morgan fingerprint density at radius 3 is 3.04 bits per heavy atom. The summed E-state index contributed by atoms with van der Waals surface area (Å²) in [5, 5.41) is 11.2. The molecular weight excluding hydrogens is 338 g/mol. The van der Waals surface area contributed by atoms with Gasteiger partial charge in [-0.2, -0.15) is 0 Å². The summed E-state index contributed by atoms with van der Waals surface area (Å²) in [5.74, 6) is 0.202. The second kappa shape index (κ2) is 6.79. The summed E-state index contributed by atoms with van der Waals surface area (Å²) in [6.07, 6.45) is 4.77. The number of benzene rings is 1. The third kappa shape index (κ3) is 3.48. The molecule has 1 aliphatic rings. The molecule has 0 saturated heterocycles. The number of aromatic nitrogens is 4. The maximum atomic E-state index is 12.0. The number of amides is 1. The number of H-pyrrole nitrogens is 2. The van der Waals surface area contributed by atoms with E-state index < -0.39 is 0 Å². The smallest absolute Gasteiger partial charge is 0.344 e. The molecule has 3 N–H and O–H groups in total. The first-order valence-electron chi connectivity index (χ1n) is 8.34. The predicted octanol–water partition coefficient (Wildman–Crippen LogP) is 1.84. The van der Waals surface area contributed by atoms with Crippen molar-refractivity contribution in [1.29, 1.82) is 0 Å². The molecular formula is C17H19N5O2S. The Balaban J connectivity index is 1.28. The Labute approximate surface area is 148 Å². The predicted molar refractivity (Wildman–Crippen MR) is 96.9 cm³/mol. The first-order valence-corrected chi connectivity index (χ1v) is 9.32. The number of para-hydroxylation sites is 1. The van der Waals surface area contributed by atoms with Crippen LogP contribution in [0.15, 0.2) is 40.4 Å². The highest BCUT2D eigenvalue weighted by atomic mass is 32.2. The van der Waals surface area contributed by atoms with E-state index in [1.165, 1.54) is 22.7 Å². The number of carbonyl (C=O) groups is 1. The van der Waals surface area contributed by atoms with E-state index >= 15 is 0 Å². The highest BCUT2D eigenvalue weighted by Crippen LogP contribution is 2.35. The Morgan fingerprint density at radius 1 is 1.36 bits per heavy atom. The molecule has 8 heteroatoms. The molecule has 0 spiro atoms. The fourth-order valence-electron chi connectivity index (χ4n) is 2.90. The molecule has 25 heavy (non-hydrogen) atoms. The normalized spacial score (nSPS) is 14.1. The lowest BCUT2D eigenvalue weighted by molar-refractivity contribution is -0.118. The number of fused-ring (bicyclic) bond motifs is 1. The van der Waals surface area contributed by atoms with Crippen LogP contribution in [0.25, 0.3) is 10.9 Å². The SMILES string of the molecule is O=C(CSc1n[nH]c(=O)n1C1CC1)NCCc1c[nH]c2ccccc12. The molecule has 1 aliphatic carbocycles. The first-order chi connectivity index (χ1) is 12.2. The summed E-state index contributed by atoms with van der Waals surface area (Å²) in [5.41, 5.74) is 2.11. The second-order valence-corrected chi connectivity index (χ2v) is 7.10. The van der Waals surface area contributed by atoms with Gasteiger partial charge in [0.05, 0.1) is 5.75 Å². The summed E-state index contributed by atoms with van der Waals surface area (Å²) in [7, 11) is 0. The van der Waals surface area contributed by atoms with E-state index in [0.717, 1.165) is 24.8 Å². The largest absolute Gasteiger partial charge is 0.361 e. The molecule has 130 valence electrons. The van der Waals surface area contributed by atoms with Gasteiger partial charge in [0.2, 0.25) is 5.91 Å². The summed E-state index contributed by atoms with van der Waals surface area (Å²) < 4.78 is 1.66. The van der Waals surface area contributed by atoms with Crippen LogP contribution in [0.5, 0.6) is 0 Å². The van der Waals surface area contributed by atoms with Crippen molar-refractivity contribution in [2.24, 2.45) is 0 Å². The average molecular weight is 357 g/mol. The Kier molecular flexibility index (Phi) is 4.35. The fourth-order valence-corrected chi connectivity index (χ4v) is 3.75. The van der Waals surface area contributed by atoms with Gasteiger partial charge in [0.1, 0.15) is 0 Å². The quantitative estimate of drug-likeness (QED) is 0.562. The standard InChI is InChI=1S/C17H19N5O2S/c23-15(10-25-17-21-20-16(24)22(17)12-5-6-12)18-8-7-11-9-19-14-4-2-1-3-13(11)14/h1-4,9,12,19H,5-8,10H2,(H,18,23)(H,20,24). The molecule has 1 aromatic carbocycles. The molecule has 1 saturated carbocycles. The van der Waals surface area contributed by atoms with E-state index in [9.17, 15) is 9.59 Å². The highest BCUT2D eigenvalue weighted by Gasteiger charge is 2.28. The third-order valence-electron chi connectivity index (χ3n) is 4.31. The fraction of sp³-hybridized carbons (Fsp3) is 0.353. The van der Waals surface area contributed by atoms with Gasteiger partial charge in [0.15, 0.2) is 5.16 Å². The van der Waals surface area contributed by atoms with Crippen LogP contribution in [-0.4, -0.2) is 38.0 Å². The monoisotopic (exact) mass is 357 g/mol. The van der Waals surface area contributed by atoms with Crippen molar-refractivity contribution in [2.45, 2.75) is 30.5 Å². The molecule has 0 radical (unpaired) electrons. The van der Waals surface area contributed by atoms with Crippen LogP contribution in [0.3, 0.4) is 0 Å². The third-order valence-corrected chi connectivity index (χ3v) is 5.26. The van der Waals surface area contributed by atoms with Gasteiger partial charge >= 0.3 is 5.69 Å². The molecule has 3 aromatic rings. The lowest BCUT2D eigenvalue weighted by Crippen LogP contribution is -2.27. The number of hydrogen-bond acceptors (Lipinski definition) is 4. The van der Waals surface area contributed by atoms with Gasteiger partial charge < -0.3 is 10.3 Å². The minimum Gasteiger partial charge on any atom is -0.361 e. The molecule has 0 unspecified atom stereocenters. The van der Waals surface area contributed by atoms with Crippen molar-refractivity contribution in [3.05, 3.63) is 46.5 Å². The van der Waals surface area contributed by atoms with Crippen LogP contribution in [0.4, 0.5) is 0 Å². The number of thioether (sulfide) groups is 1. The van der Waals surface area contributed by atoms with E-state index in [4.69, 9.17) is 0 Å². The minimum absolute atomic E-state index is 0.0531. The number of carbonyl (C=O) groups excluding carboxylic acids is 1. The van der Waals surface area contributed by atoms with Gasteiger partial charge in [-0.15, -0.1) is 5.10 Å². The lowest BCUT2D eigenvalue weighted by atomic mass is 10.1. The highest BCUT2D eigenvalue weighted by molar-refractivity contribution is 7.99. The van der Waals surface area contributed by atoms with E-state index in [0.29, 0.717) is 11.7 Å². The molecule has 4 rings (SSSR count). The molecule has 0 bridgehead atoms. The first kappa shape index (κ1) is 16.0. The van der Waals surface area contributed by atoms with E-state index in [-0.39, 0.29) is 23.4 Å². The van der Waals surface area contributed by atoms with Gasteiger partial charge in [-0.05, 0) is 30.9 Å². The van der Waals surface area contributed by atoms with Crippen molar-refractivity contribution in [3.8, 4) is 0 Å². The number of aromatic amines is 2. The summed E-state index contributed by atoms with van der Waals surface area (Å²) in [6, 6.07) is 8.37. The van der Waals surface area contributed by atoms with Gasteiger partial charge in [-0.3, -0.25) is 9.36 Å². The maximum absolute atomic E-state index is 12.0. The molecule has 0 aliphatic heterocycles. The number of nitrogens with one attached hydrogen (secondary N) is 3. The van der Waals surface area contributed by atoms with Crippen LogP contribution in [0.1, 0.15) is 24.4 Å². The van der Waals surface area contributed by atoms with E-state index in [2.05, 4.69) is 26.6 Å². The Bertz CT molecular complexity index is 953. The Hall–Kier alpha value is -2.48. The van der Waals surface area contributed by atoms with Crippen molar-refractivity contribution < 1.29 is 4.79 Å². The summed E-state index contributed by atoms with van der Waals surface area (Å²) in [6.45, 7) is 0.581. The van der Waals surface area contributed by atoms with Crippen molar-refractivity contribution in [3.63, 3.8) is 0 Å². The minimum atomic E-state index is -0.190. The van der Waals surface area contributed by atoms with Crippen LogP contribution in [0.2, 0.25) is 0 Å². The molecule has 2 heterocycles. The Morgan fingerprint density at radius 2 is 2.20 bits per heavy atom. The van der Waals surface area contributed by atoms with Crippen LogP contribution < -0.4 is 11.0 Å². The van der Waals surface area contributed by atoms with E-state index in [1.54, 1.807) is 4.57 Å². The zero-order valence-corrected chi connectivity index (χ0v) is 14.4. The van der Waals surface area contributed by atoms with Crippen LogP contribution in [0, 0.1) is 0 Å². The van der Waals surface area contributed by atoms with Gasteiger partial charge in [0, 0.05) is 29.7 Å². The average Bonchev–Trinajstić information content (AvgIpc) is 3.27. The summed E-state index contributed by atoms with van der Waals surface area (Å²) in [4.78, 5) is 27.0. The topological polar surface area (TPSA) is 95.6 Å². The molecule has 7 nitrogen and oxygen atoms in total. The van der Waals surface area contributed by atoms with Crippen molar-refractivity contribution in [2.75, 3.05) is 12.3 Å². The second-order valence-electron chi connectivity index (χ2n) is 6.16. The van der Waals surface area contributed by atoms with Crippen molar-refractivity contribution in [1.82, 2.24) is 25.1 Å². The van der Waals surface area contributed by atoms with Gasteiger partial charge in [-0.1, -0.05) is 30.0 Å². The zero-order valence-electron chi connectivity index (χ0n) is 13.6. The number of rotatable bonds is 7. The number of hydrogen-bond donors (Lipinski definition) is 3. The van der Waals surface area contributed by atoms with Crippen molar-refractivity contribution >= 4 is 28.6 Å². The lowest BCUT2D eigenvalue weighted by Gasteiger charge is -2.05. The molecule has 0 atom stereocenters. The maximum Gasteiger partial charge on any atom is 0.344 e. The van der Waals surface area contributed by atoms with Gasteiger partial charge in [-0.25, -0.2) is 9.89 Å². The van der Waals surface area contributed by atoms with Gasteiger partial charge in [0.25, 0.3) is 0 Å². The van der Waals surface area contributed by atoms with Crippen LogP contribution >= 0.6 is 11.8 Å². The van der Waals surface area contributed by atoms with E-state index in [1.807, 2.05) is 24.4 Å². The van der Waals surface area contributed by atoms with Crippen LogP contribution in [-0.2, 0) is 11.2 Å². The molecule has 1 fully saturated rings. The zero-order chi connectivity index (χ0) is 17.2. The molecule has 1 amide bonds. The molecule has 2 aromatic heterocycles.